The third-order valence-electron chi connectivity index (χ3n) is 6.38. The minimum Gasteiger partial charge on any atom is -0.294 e. The highest BCUT2D eigenvalue weighted by Crippen LogP contribution is 2.49. The van der Waals surface area contributed by atoms with Crippen molar-refractivity contribution in [1.29, 1.82) is 0 Å². The molecular formula is C26H26F3NO2. The Kier molecular flexibility index (Phi) is 5.51. The molecule has 0 N–H and O–H groups in total. The molecule has 0 saturated carbocycles. The minimum absolute atomic E-state index is 0.0390. The van der Waals surface area contributed by atoms with E-state index in [2.05, 4.69) is 0 Å². The van der Waals surface area contributed by atoms with Crippen molar-refractivity contribution >= 4 is 17.4 Å². The number of carbonyl (C=O) groups is 2. The maximum Gasteiger partial charge on any atom is 0.418 e. The Morgan fingerprint density at radius 2 is 1.66 bits per heavy atom. The van der Waals surface area contributed by atoms with Gasteiger partial charge < -0.3 is 0 Å². The molecule has 0 aromatic heterocycles. The molecule has 0 bridgehead atoms. The van der Waals surface area contributed by atoms with Crippen LogP contribution in [0.2, 0.25) is 0 Å². The van der Waals surface area contributed by atoms with Crippen LogP contribution in [0.5, 0.6) is 0 Å². The van der Waals surface area contributed by atoms with Crippen molar-refractivity contribution in [3.05, 3.63) is 76.5 Å². The number of rotatable bonds is 3. The number of nitrogens with zero attached hydrogens (tertiary/aromatic N) is 1. The number of carbonyl (C=O) groups excluding carboxylic acids is 2. The Bertz CT molecular complexity index is 1100. The lowest BCUT2D eigenvalue weighted by atomic mass is 9.69. The van der Waals surface area contributed by atoms with E-state index in [1.54, 1.807) is 0 Å². The number of ketones is 1. The summed E-state index contributed by atoms with van der Waals surface area (Å²) in [4.78, 5) is 27.8. The van der Waals surface area contributed by atoms with E-state index in [4.69, 9.17) is 0 Å². The summed E-state index contributed by atoms with van der Waals surface area (Å²) in [6.07, 6.45) is -3.12. The average Bonchev–Trinajstić information content (AvgIpc) is 2.71. The largest absolute Gasteiger partial charge is 0.418 e. The zero-order valence-electron chi connectivity index (χ0n) is 18.4. The molecule has 1 amide bonds. The number of allylic oxidation sites excluding steroid dienone is 2. The lowest BCUT2D eigenvalue weighted by Gasteiger charge is -2.43. The fraction of sp³-hybridized carbons (Fsp3) is 0.385. The third kappa shape index (κ3) is 3.98. The Labute approximate surface area is 185 Å². The Balaban J connectivity index is 1.91. The fourth-order valence-electron chi connectivity index (χ4n) is 4.87. The number of hydrogen-bond acceptors (Lipinski definition) is 2. The van der Waals surface area contributed by atoms with Crippen LogP contribution < -0.4 is 4.90 Å². The lowest BCUT2D eigenvalue weighted by Crippen LogP contribution is -2.44. The normalized spacial score (nSPS) is 21.1. The van der Waals surface area contributed by atoms with Gasteiger partial charge in [0, 0.05) is 30.0 Å². The van der Waals surface area contributed by atoms with Gasteiger partial charge in [-0.1, -0.05) is 57.2 Å². The van der Waals surface area contributed by atoms with Gasteiger partial charge in [-0.05, 0) is 41.5 Å². The second kappa shape index (κ2) is 7.91. The molecule has 1 heterocycles. The van der Waals surface area contributed by atoms with E-state index >= 15 is 0 Å². The molecule has 2 aromatic carbocycles. The molecule has 6 heteroatoms. The van der Waals surface area contributed by atoms with Crippen LogP contribution in [0.4, 0.5) is 18.9 Å². The van der Waals surface area contributed by atoms with Crippen molar-refractivity contribution < 1.29 is 22.8 Å². The van der Waals surface area contributed by atoms with Crippen molar-refractivity contribution in [3.8, 4) is 0 Å². The Morgan fingerprint density at radius 3 is 2.28 bits per heavy atom. The van der Waals surface area contributed by atoms with Crippen molar-refractivity contribution in [3.63, 3.8) is 0 Å². The molecule has 168 valence electrons. The van der Waals surface area contributed by atoms with Crippen LogP contribution in [0.1, 0.15) is 62.6 Å². The van der Waals surface area contributed by atoms with Gasteiger partial charge >= 0.3 is 6.18 Å². The van der Waals surface area contributed by atoms with E-state index in [9.17, 15) is 22.8 Å². The second-order valence-corrected chi connectivity index (χ2v) is 9.40. The van der Waals surface area contributed by atoms with E-state index < -0.39 is 29.0 Å². The molecule has 4 rings (SSSR count). The molecule has 0 radical (unpaired) electrons. The van der Waals surface area contributed by atoms with Gasteiger partial charge in [-0.25, -0.2) is 0 Å². The fourth-order valence-corrected chi connectivity index (χ4v) is 4.87. The van der Waals surface area contributed by atoms with E-state index in [0.29, 0.717) is 24.1 Å². The quantitative estimate of drug-likeness (QED) is 0.550. The summed E-state index contributed by atoms with van der Waals surface area (Å²) < 4.78 is 41.3. The van der Waals surface area contributed by atoms with Gasteiger partial charge in [-0.2, -0.15) is 13.2 Å². The number of amides is 1. The van der Waals surface area contributed by atoms with E-state index in [1.165, 1.54) is 18.2 Å². The van der Waals surface area contributed by atoms with Crippen molar-refractivity contribution in [2.45, 2.75) is 58.5 Å². The van der Waals surface area contributed by atoms with Gasteiger partial charge in [0.15, 0.2) is 5.78 Å². The second-order valence-electron chi connectivity index (χ2n) is 9.40. The molecular weight excluding hydrogens is 415 g/mol. The monoisotopic (exact) mass is 441 g/mol. The van der Waals surface area contributed by atoms with Crippen LogP contribution in [0.15, 0.2) is 59.8 Å². The van der Waals surface area contributed by atoms with E-state index in [-0.39, 0.29) is 17.9 Å². The van der Waals surface area contributed by atoms with Crippen molar-refractivity contribution in [1.82, 2.24) is 0 Å². The summed E-state index contributed by atoms with van der Waals surface area (Å²) in [6.45, 7) is 5.86. The van der Waals surface area contributed by atoms with Gasteiger partial charge in [0.05, 0.1) is 11.3 Å². The molecule has 1 unspecified atom stereocenters. The lowest BCUT2D eigenvalue weighted by molar-refractivity contribution is -0.137. The number of Topliss-reactive ketones (excluding diaryl/α,β-unsaturated/α-hetero) is 1. The highest BCUT2D eigenvalue weighted by molar-refractivity contribution is 6.08. The maximum atomic E-state index is 13.8. The number of anilines is 1. The molecule has 2 aromatic rings. The molecule has 1 atom stereocenters. The third-order valence-corrected chi connectivity index (χ3v) is 6.38. The zero-order valence-corrected chi connectivity index (χ0v) is 18.4. The number of para-hydroxylation sites is 1. The molecule has 0 saturated heterocycles. The number of halogens is 3. The van der Waals surface area contributed by atoms with Crippen LogP contribution in [0.25, 0.3) is 0 Å². The van der Waals surface area contributed by atoms with E-state index in [0.717, 1.165) is 28.5 Å². The molecule has 32 heavy (non-hydrogen) atoms. The van der Waals surface area contributed by atoms with Crippen LogP contribution in [-0.2, 0) is 22.2 Å². The molecule has 3 nitrogen and oxygen atoms in total. The van der Waals surface area contributed by atoms with Gasteiger partial charge in [0.25, 0.3) is 0 Å². The molecule has 0 spiro atoms. The first-order chi connectivity index (χ1) is 15.0. The summed E-state index contributed by atoms with van der Waals surface area (Å²) in [6, 6.07) is 12.9. The summed E-state index contributed by atoms with van der Waals surface area (Å²) in [5.74, 6) is -0.959. The van der Waals surface area contributed by atoms with Gasteiger partial charge in [0.2, 0.25) is 5.91 Å². The standard InChI is InChI=1S/C26H26F3NO2/c1-4-16-9-11-17(12-10-16)18-13-23(32)30(20-8-6-5-7-19(20)26(27,28)29)21-14-25(2,3)15-22(31)24(18)21/h5-12,18H,4,13-15H2,1-3H3. The molecule has 1 aliphatic carbocycles. The van der Waals surface area contributed by atoms with Crippen LogP contribution in [0.3, 0.4) is 0 Å². The summed E-state index contributed by atoms with van der Waals surface area (Å²) in [5.41, 5.74) is 1.34. The molecule has 0 fully saturated rings. The smallest absolute Gasteiger partial charge is 0.294 e. The van der Waals surface area contributed by atoms with E-state index in [1.807, 2.05) is 45.0 Å². The predicted molar refractivity (Wildman–Crippen MR) is 117 cm³/mol. The number of benzene rings is 2. The van der Waals surface area contributed by atoms with Gasteiger partial charge in [0.1, 0.15) is 0 Å². The summed E-state index contributed by atoms with van der Waals surface area (Å²) >= 11 is 0. The maximum absolute atomic E-state index is 13.8. The predicted octanol–water partition coefficient (Wildman–Crippen LogP) is 6.43. The number of alkyl halides is 3. The van der Waals surface area contributed by atoms with Crippen molar-refractivity contribution in [2.24, 2.45) is 5.41 Å². The molecule has 2 aliphatic rings. The van der Waals surface area contributed by atoms with Crippen LogP contribution >= 0.6 is 0 Å². The SMILES string of the molecule is CCc1ccc(C2CC(=O)N(c3ccccc3C(F)(F)F)C3=C2C(=O)CC(C)(C)C3)cc1. The zero-order chi connectivity index (χ0) is 23.3. The topological polar surface area (TPSA) is 37.4 Å². The van der Waals surface area contributed by atoms with Crippen LogP contribution in [0, 0.1) is 5.41 Å². The molecule has 1 aliphatic heterocycles. The highest BCUT2D eigenvalue weighted by atomic mass is 19.4. The minimum atomic E-state index is -4.61. The Morgan fingerprint density at radius 1 is 1.00 bits per heavy atom. The number of hydrogen-bond donors (Lipinski definition) is 0. The first-order valence-electron chi connectivity index (χ1n) is 10.9. The van der Waals surface area contributed by atoms with Crippen molar-refractivity contribution in [2.75, 3.05) is 4.90 Å². The average molecular weight is 441 g/mol. The first kappa shape index (κ1) is 22.3. The highest BCUT2D eigenvalue weighted by Gasteiger charge is 2.46. The van der Waals surface area contributed by atoms with Gasteiger partial charge in [-0.3, -0.25) is 14.5 Å². The van der Waals surface area contributed by atoms with Gasteiger partial charge in [-0.15, -0.1) is 0 Å². The van der Waals surface area contributed by atoms with Crippen LogP contribution in [-0.4, -0.2) is 11.7 Å². The summed E-state index contributed by atoms with van der Waals surface area (Å²) in [5, 5.41) is 0. The first-order valence-corrected chi connectivity index (χ1v) is 10.9. The Hall–Kier alpha value is -2.89. The number of aryl methyl sites for hydroxylation is 1. The summed E-state index contributed by atoms with van der Waals surface area (Å²) in [7, 11) is 0.